The van der Waals surface area contributed by atoms with E-state index in [2.05, 4.69) is 18.9 Å². The quantitative estimate of drug-likeness (QED) is 0.488. The number of methoxy groups -OCH3 is 1. The normalized spacial score (nSPS) is 12.4. The van der Waals surface area contributed by atoms with Crippen LogP contribution in [-0.2, 0) is 10.1 Å². The fourth-order valence-electron chi connectivity index (χ4n) is 1.38. The van der Waals surface area contributed by atoms with E-state index in [0.717, 1.165) is 25.4 Å². The van der Waals surface area contributed by atoms with Gasteiger partial charge in [0.15, 0.2) is 11.6 Å². The van der Waals surface area contributed by atoms with E-state index in [9.17, 15) is 26.0 Å². The van der Waals surface area contributed by atoms with E-state index in [-0.39, 0.29) is 5.88 Å². The first-order valence-corrected chi connectivity index (χ1v) is 6.56. The van der Waals surface area contributed by atoms with Gasteiger partial charge in [0, 0.05) is 18.3 Å². The summed E-state index contributed by atoms with van der Waals surface area (Å²) in [5.41, 5.74) is -6.59. The summed E-state index contributed by atoms with van der Waals surface area (Å²) in [6, 6.07) is 1.66. The number of rotatable bonds is 3. The van der Waals surface area contributed by atoms with E-state index in [1.54, 1.807) is 0 Å². The van der Waals surface area contributed by atoms with Gasteiger partial charge in [0.2, 0.25) is 5.88 Å². The van der Waals surface area contributed by atoms with Gasteiger partial charge in [-0.15, -0.1) is 0 Å². The first-order chi connectivity index (χ1) is 9.65. The van der Waals surface area contributed by atoms with Crippen LogP contribution < -0.4 is 8.92 Å². The standard InChI is InChI=1S/C10H6F4N2O4S/c1-19-7-4-5(11)8-9(16-7)6(2-3-15-8)20-21(17,18)10(12,13)14/h2-4H,1H3. The number of ether oxygens (including phenoxy) is 1. The highest BCUT2D eigenvalue weighted by Crippen LogP contribution is 2.31. The van der Waals surface area contributed by atoms with Crippen LogP contribution in [0, 0.1) is 5.82 Å². The van der Waals surface area contributed by atoms with E-state index >= 15 is 0 Å². The van der Waals surface area contributed by atoms with Crippen molar-refractivity contribution in [1.82, 2.24) is 9.97 Å². The Balaban J connectivity index is 2.63. The van der Waals surface area contributed by atoms with Gasteiger partial charge in [0.05, 0.1) is 7.11 Å². The molecule has 0 saturated carbocycles. The Bertz CT molecular complexity index is 791. The molecule has 2 heterocycles. The van der Waals surface area contributed by atoms with E-state index in [1.165, 1.54) is 0 Å². The predicted molar refractivity (Wildman–Crippen MR) is 61.7 cm³/mol. The van der Waals surface area contributed by atoms with Crippen molar-refractivity contribution in [2.45, 2.75) is 5.51 Å². The predicted octanol–water partition coefficient (Wildman–Crippen LogP) is 2.01. The minimum absolute atomic E-state index is 0.276. The van der Waals surface area contributed by atoms with Crippen molar-refractivity contribution < 1.29 is 34.9 Å². The van der Waals surface area contributed by atoms with Crippen molar-refractivity contribution in [2.75, 3.05) is 7.11 Å². The highest BCUT2D eigenvalue weighted by molar-refractivity contribution is 7.88. The summed E-state index contributed by atoms with van der Waals surface area (Å²) >= 11 is 0. The second-order valence-corrected chi connectivity index (χ2v) is 5.17. The molecule has 0 saturated heterocycles. The van der Waals surface area contributed by atoms with E-state index in [1.807, 2.05) is 0 Å². The molecule has 11 heteroatoms. The second-order valence-electron chi connectivity index (χ2n) is 3.64. The molecule has 0 aliphatic carbocycles. The molecular weight excluding hydrogens is 320 g/mol. The van der Waals surface area contributed by atoms with Gasteiger partial charge >= 0.3 is 15.6 Å². The van der Waals surface area contributed by atoms with Gasteiger partial charge in [0.25, 0.3) is 0 Å². The monoisotopic (exact) mass is 326 g/mol. The molecule has 2 aromatic heterocycles. The maximum absolute atomic E-state index is 13.7. The third-order valence-corrected chi connectivity index (χ3v) is 3.24. The molecule has 2 aromatic rings. The van der Waals surface area contributed by atoms with Gasteiger partial charge < -0.3 is 8.92 Å². The molecule has 0 spiro atoms. The lowest BCUT2D eigenvalue weighted by Gasteiger charge is -2.11. The molecule has 0 radical (unpaired) electrons. The first kappa shape index (κ1) is 15.2. The highest BCUT2D eigenvalue weighted by atomic mass is 32.2. The minimum Gasteiger partial charge on any atom is -0.481 e. The molecule has 2 rings (SSSR count). The Kier molecular flexibility index (Phi) is 3.61. The fourth-order valence-corrected chi connectivity index (χ4v) is 1.84. The van der Waals surface area contributed by atoms with Gasteiger partial charge in [-0.2, -0.15) is 21.6 Å². The summed E-state index contributed by atoms with van der Waals surface area (Å²) in [6.45, 7) is 0. The summed E-state index contributed by atoms with van der Waals surface area (Å²) in [5, 5.41) is 0. The number of fused-ring (bicyclic) bond motifs is 1. The zero-order chi connectivity index (χ0) is 15.8. The first-order valence-electron chi connectivity index (χ1n) is 5.15. The lowest BCUT2D eigenvalue weighted by atomic mass is 10.3. The van der Waals surface area contributed by atoms with Crippen LogP contribution in [0.2, 0.25) is 0 Å². The van der Waals surface area contributed by atoms with Gasteiger partial charge in [0.1, 0.15) is 11.0 Å². The largest absolute Gasteiger partial charge is 0.534 e. The topological polar surface area (TPSA) is 78.4 Å². The van der Waals surface area contributed by atoms with E-state index in [0.29, 0.717) is 0 Å². The maximum Gasteiger partial charge on any atom is 0.534 e. The smallest absolute Gasteiger partial charge is 0.481 e. The molecule has 0 aliphatic rings. The van der Waals surface area contributed by atoms with Crippen molar-refractivity contribution in [3.05, 3.63) is 24.1 Å². The number of hydrogen-bond acceptors (Lipinski definition) is 6. The molecule has 0 unspecified atom stereocenters. The maximum atomic E-state index is 13.7. The van der Waals surface area contributed by atoms with Crippen LogP contribution >= 0.6 is 0 Å². The number of aromatic nitrogens is 2. The van der Waals surface area contributed by atoms with E-state index in [4.69, 9.17) is 0 Å². The van der Waals surface area contributed by atoms with Crippen LogP contribution in [-0.4, -0.2) is 31.0 Å². The van der Waals surface area contributed by atoms with E-state index < -0.39 is 38.2 Å². The Morgan fingerprint density at radius 3 is 2.48 bits per heavy atom. The summed E-state index contributed by atoms with van der Waals surface area (Å²) in [4.78, 5) is 7.20. The molecule has 0 N–H and O–H groups in total. The van der Waals surface area contributed by atoms with Crippen molar-refractivity contribution in [2.24, 2.45) is 0 Å². The van der Waals surface area contributed by atoms with Gasteiger partial charge in [-0.1, -0.05) is 0 Å². The number of halogens is 4. The molecule has 0 fully saturated rings. The lowest BCUT2D eigenvalue weighted by Crippen LogP contribution is -2.28. The van der Waals surface area contributed by atoms with Gasteiger partial charge in [-0.3, -0.25) is 4.98 Å². The van der Waals surface area contributed by atoms with Crippen LogP contribution in [0.1, 0.15) is 0 Å². The summed E-state index contributed by atoms with van der Waals surface area (Å²) in [6.07, 6.45) is 0.890. The van der Waals surface area contributed by atoms with Crippen molar-refractivity contribution in [3.8, 4) is 11.6 Å². The van der Waals surface area contributed by atoms with Crippen LogP contribution in [0.15, 0.2) is 18.3 Å². The number of pyridine rings is 2. The average molecular weight is 326 g/mol. The zero-order valence-electron chi connectivity index (χ0n) is 10.2. The SMILES string of the molecule is COc1cc(F)c2nccc(OS(=O)(=O)C(F)(F)F)c2n1. The summed E-state index contributed by atoms with van der Waals surface area (Å²) in [7, 11) is -4.76. The van der Waals surface area contributed by atoms with Gasteiger partial charge in [-0.05, 0) is 0 Å². The molecular formula is C10H6F4N2O4S. The van der Waals surface area contributed by atoms with Crippen molar-refractivity contribution >= 4 is 21.2 Å². The third-order valence-electron chi connectivity index (χ3n) is 2.28. The molecule has 0 aromatic carbocycles. The Morgan fingerprint density at radius 1 is 1.24 bits per heavy atom. The number of alkyl halides is 3. The molecule has 6 nitrogen and oxygen atoms in total. The third kappa shape index (κ3) is 2.82. The minimum atomic E-state index is -5.91. The highest BCUT2D eigenvalue weighted by Gasteiger charge is 2.48. The molecule has 0 bridgehead atoms. The number of hydrogen-bond donors (Lipinski definition) is 0. The van der Waals surface area contributed by atoms with Crippen LogP contribution in [0.4, 0.5) is 17.6 Å². The zero-order valence-corrected chi connectivity index (χ0v) is 11.0. The summed E-state index contributed by atoms with van der Waals surface area (Å²) in [5.74, 6) is -2.04. The van der Waals surface area contributed by atoms with Crippen molar-refractivity contribution in [1.29, 1.82) is 0 Å². The Labute approximate surface area is 115 Å². The molecule has 0 atom stereocenters. The second kappa shape index (κ2) is 4.98. The average Bonchev–Trinajstić information content (AvgIpc) is 2.37. The Morgan fingerprint density at radius 2 is 1.90 bits per heavy atom. The van der Waals surface area contributed by atoms with Gasteiger partial charge in [-0.25, -0.2) is 9.37 Å². The summed E-state index contributed by atoms with van der Waals surface area (Å²) < 4.78 is 81.1. The molecule has 114 valence electrons. The fraction of sp³-hybridized carbons (Fsp3) is 0.200. The van der Waals surface area contributed by atoms with Crippen LogP contribution in [0.3, 0.4) is 0 Å². The van der Waals surface area contributed by atoms with Crippen LogP contribution in [0.5, 0.6) is 11.6 Å². The molecule has 0 aliphatic heterocycles. The van der Waals surface area contributed by atoms with Crippen molar-refractivity contribution in [3.63, 3.8) is 0 Å². The van der Waals surface area contributed by atoms with Crippen LogP contribution in [0.25, 0.3) is 11.0 Å². The lowest BCUT2D eigenvalue weighted by molar-refractivity contribution is -0.0499. The molecule has 21 heavy (non-hydrogen) atoms. The number of nitrogens with zero attached hydrogens (tertiary/aromatic N) is 2. The molecule has 0 amide bonds. The Hall–Kier alpha value is -2.17.